The van der Waals surface area contributed by atoms with Gasteiger partial charge in [-0.3, -0.25) is 9.59 Å². The third-order valence-corrected chi connectivity index (χ3v) is 8.38. The smallest absolute Gasteiger partial charge is 0.460 e. The molecule has 0 aliphatic rings. The fraction of sp³-hybridized carbons (Fsp3) is 0.900. The summed E-state index contributed by atoms with van der Waals surface area (Å²) in [6.45, 7) is -4.40. The first kappa shape index (κ1) is 45.5. The fourth-order valence-corrected chi connectivity index (χ4v) is 4.91. The van der Waals surface area contributed by atoms with Crippen molar-refractivity contribution in [2.45, 2.75) is 72.2 Å². The highest BCUT2D eigenvalue weighted by Crippen LogP contribution is 2.65. The second kappa shape index (κ2) is 13.3. The van der Waals surface area contributed by atoms with Crippen LogP contribution in [0.25, 0.3) is 0 Å². The van der Waals surface area contributed by atoms with Gasteiger partial charge < -0.3 is 14.7 Å². The second-order valence-electron chi connectivity index (χ2n) is 10.5. The minimum atomic E-state index is -9.24. The number of hydrogen-bond donors (Lipinski definition) is 2. The van der Waals surface area contributed by atoms with Crippen molar-refractivity contribution < 1.29 is 116 Å². The molecule has 0 saturated carbocycles. The van der Waals surface area contributed by atoms with Gasteiger partial charge in [0.15, 0.2) is 0 Å². The van der Waals surface area contributed by atoms with E-state index in [0.29, 0.717) is 0 Å². The van der Waals surface area contributed by atoms with E-state index in [1.54, 1.807) is 0 Å². The lowest BCUT2D eigenvalue weighted by Crippen LogP contribution is -2.76. The second-order valence-corrected chi connectivity index (χ2v) is 12.4. The predicted molar refractivity (Wildman–Crippen MR) is 117 cm³/mol. The molecule has 0 aromatic heterocycles. The average molecular weight is 779 g/mol. The number of carboxylic acids is 2. The fourth-order valence-electron chi connectivity index (χ4n) is 3.43. The number of aliphatic carboxylic acids is 2. The number of sulfonamides is 1. The van der Waals surface area contributed by atoms with Crippen molar-refractivity contribution in [1.82, 2.24) is 4.31 Å². The van der Waals surface area contributed by atoms with Gasteiger partial charge in [0.05, 0.1) is 40.0 Å². The highest BCUT2D eigenvalue weighted by molar-refractivity contribution is 7.90. The quantitative estimate of drug-likeness (QED) is 0.130. The monoisotopic (exact) mass is 779 g/mol. The highest BCUT2D eigenvalue weighted by atomic mass is 32.2. The number of halogens is 19. The van der Waals surface area contributed by atoms with Crippen molar-refractivity contribution in [1.29, 1.82) is 0 Å². The average Bonchev–Trinajstić information content (AvgIpc) is 2.87. The zero-order chi connectivity index (χ0) is 39.2. The molecule has 0 aliphatic carbocycles. The molecule has 0 rings (SSSR count). The first-order chi connectivity index (χ1) is 20.7. The molecule has 286 valence electrons. The van der Waals surface area contributed by atoms with Crippen LogP contribution in [0.3, 0.4) is 0 Å². The minimum absolute atomic E-state index is 0.320. The Hall–Kier alpha value is -2.52. The van der Waals surface area contributed by atoms with E-state index in [0.717, 1.165) is 0 Å². The van der Waals surface area contributed by atoms with Crippen LogP contribution in [0.5, 0.6) is 0 Å². The van der Waals surface area contributed by atoms with E-state index < -0.39 is 123 Å². The molecule has 48 heavy (non-hydrogen) atoms. The number of quaternary nitrogens is 1. The summed E-state index contributed by atoms with van der Waals surface area (Å²) >= 11 is 0. The predicted octanol–water partition coefficient (Wildman–Crippen LogP) is 5.64. The first-order valence-corrected chi connectivity index (χ1v) is 13.5. The molecule has 28 heteroatoms. The van der Waals surface area contributed by atoms with Crippen LogP contribution in [0, 0.1) is 0 Å². The maximum absolute atomic E-state index is 14.7. The Bertz CT molecular complexity index is 1280. The first-order valence-electron chi connectivity index (χ1n) is 12.0. The molecule has 0 fully saturated rings. The van der Waals surface area contributed by atoms with Gasteiger partial charge in [-0.25, -0.2) is 8.42 Å². The summed E-state index contributed by atoms with van der Waals surface area (Å²) < 4.78 is 282. The highest BCUT2D eigenvalue weighted by Gasteiger charge is 2.97. The molecule has 0 aromatic carbocycles. The summed E-state index contributed by atoms with van der Waals surface area (Å²) in [5.74, 6) is -66.3. The summed E-state index contributed by atoms with van der Waals surface area (Å²) in [6.07, 6.45) is -11.2. The SMILES string of the molecule is C[N+](C)(CCCN(CCC(=O)O)S(=O)(=O)C(F)(F)C(F)(F)C(F)(F)C(F)(F)C(F)(F)C(F)(F)C(F)(F)C(F)(F)C(F)(F)F)CCC(=O)O. The molecule has 0 unspecified atom stereocenters. The van der Waals surface area contributed by atoms with Crippen molar-refractivity contribution in [3.63, 3.8) is 0 Å². The van der Waals surface area contributed by atoms with E-state index >= 15 is 0 Å². The van der Waals surface area contributed by atoms with E-state index in [4.69, 9.17) is 10.2 Å². The van der Waals surface area contributed by atoms with Crippen molar-refractivity contribution >= 4 is 22.0 Å². The molecule has 0 aliphatic heterocycles. The lowest BCUT2D eigenvalue weighted by atomic mass is 9.89. The molecule has 0 atom stereocenters. The van der Waals surface area contributed by atoms with Crippen molar-refractivity contribution in [3.05, 3.63) is 0 Å². The van der Waals surface area contributed by atoms with Crippen LogP contribution < -0.4 is 0 Å². The van der Waals surface area contributed by atoms with Gasteiger partial charge in [-0.05, 0) is 0 Å². The van der Waals surface area contributed by atoms with E-state index in [9.17, 15) is 101 Å². The Morgan fingerprint density at radius 3 is 1.21 bits per heavy atom. The number of hydrogen-bond acceptors (Lipinski definition) is 4. The van der Waals surface area contributed by atoms with Crippen LogP contribution in [-0.2, 0) is 19.6 Å². The number of nitrogens with zero attached hydrogens (tertiary/aromatic N) is 2. The Balaban J connectivity index is 7.03. The van der Waals surface area contributed by atoms with Crippen LogP contribution in [0.15, 0.2) is 0 Å². The van der Waals surface area contributed by atoms with Crippen LogP contribution in [0.2, 0.25) is 0 Å². The van der Waals surface area contributed by atoms with Gasteiger partial charge in [0.1, 0.15) is 0 Å². The van der Waals surface area contributed by atoms with E-state index in [1.807, 2.05) is 0 Å². The molecule has 0 radical (unpaired) electrons. The van der Waals surface area contributed by atoms with Gasteiger partial charge in [0.2, 0.25) is 0 Å². The van der Waals surface area contributed by atoms with Crippen LogP contribution in [0.1, 0.15) is 19.3 Å². The number of carboxylic acid groups (broad SMARTS) is 2. The Kier molecular flexibility index (Phi) is 12.6. The molecule has 8 nitrogen and oxygen atoms in total. The molecule has 0 amide bonds. The zero-order valence-electron chi connectivity index (χ0n) is 23.5. The zero-order valence-corrected chi connectivity index (χ0v) is 24.3. The number of carbonyl (C=O) groups is 2. The van der Waals surface area contributed by atoms with Gasteiger partial charge in [0, 0.05) is 19.5 Å². The maximum atomic E-state index is 14.7. The molecule has 0 saturated heterocycles. The van der Waals surface area contributed by atoms with E-state index in [1.165, 1.54) is 14.1 Å². The Labute approximate surface area is 255 Å². The normalized spacial score (nSPS) is 15.6. The van der Waals surface area contributed by atoms with Gasteiger partial charge >= 0.3 is 64.8 Å². The maximum Gasteiger partial charge on any atom is 0.460 e. The number of alkyl halides is 19. The van der Waals surface area contributed by atoms with Gasteiger partial charge in [0.25, 0.3) is 10.0 Å². The molecule has 2 N–H and O–H groups in total. The summed E-state index contributed by atoms with van der Waals surface area (Å²) in [5, 5.41) is 9.42. The molecule has 0 heterocycles. The third-order valence-electron chi connectivity index (χ3n) is 6.43. The third kappa shape index (κ3) is 7.47. The van der Waals surface area contributed by atoms with Gasteiger partial charge in [-0.1, -0.05) is 0 Å². The summed E-state index contributed by atoms with van der Waals surface area (Å²) in [5.41, 5.74) is 0. The van der Waals surface area contributed by atoms with Crippen LogP contribution >= 0.6 is 0 Å². The summed E-state index contributed by atoms with van der Waals surface area (Å²) in [4.78, 5) is 21.5. The standard InChI is InChI=1S/C20H21F19N2O6S/c1-41(2,9-5-11(44)45)8-3-6-40(7-4-10(42)43)48(46,47)20(38,39)18(33,34)16(29,30)14(25,26)12(21,22)13(23,24)15(27,28)17(31,32)19(35,36)37/h3-9H2,1-2H3,(H-,42,43,44,45)/p+1. The van der Waals surface area contributed by atoms with Crippen LogP contribution in [0.4, 0.5) is 83.4 Å². The van der Waals surface area contributed by atoms with Gasteiger partial charge in [-0.2, -0.15) is 87.7 Å². The van der Waals surface area contributed by atoms with Gasteiger partial charge in [-0.15, -0.1) is 0 Å². The van der Waals surface area contributed by atoms with E-state index in [-0.39, 0.29) is 6.54 Å². The van der Waals surface area contributed by atoms with Crippen LogP contribution in [-0.4, -0.2) is 133 Å². The number of rotatable bonds is 19. The molecule has 0 bridgehead atoms. The molecular weight excluding hydrogens is 757 g/mol. The van der Waals surface area contributed by atoms with Crippen molar-refractivity contribution in [2.24, 2.45) is 0 Å². The molecule has 0 spiro atoms. The topological polar surface area (TPSA) is 112 Å². The Morgan fingerprint density at radius 1 is 0.542 bits per heavy atom. The minimum Gasteiger partial charge on any atom is -0.481 e. The molecular formula is C20H22F19N2O6S+. The molecule has 0 aromatic rings. The van der Waals surface area contributed by atoms with Crippen molar-refractivity contribution in [3.8, 4) is 0 Å². The van der Waals surface area contributed by atoms with E-state index in [2.05, 4.69) is 0 Å². The Morgan fingerprint density at radius 2 is 0.875 bits per heavy atom. The van der Waals surface area contributed by atoms with Crippen molar-refractivity contribution in [2.75, 3.05) is 40.3 Å². The lowest BCUT2D eigenvalue weighted by molar-refractivity contribution is -0.889. The lowest BCUT2D eigenvalue weighted by Gasteiger charge is -2.44. The largest absolute Gasteiger partial charge is 0.481 e. The summed E-state index contributed by atoms with van der Waals surface area (Å²) in [7, 11) is -5.39. The summed E-state index contributed by atoms with van der Waals surface area (Å²) in [6, 6.07) is 0.